The molecular weight excluding hydrogens is 110 g/mol. The first kappa shape index (κ1) is 5.10. The third-order valence-electron chi connectivity index (χ3n) is 1.85. The standard InChI is InChI=1S/C8H11N/c1-2-6-9-8(3-1)7-4-5-7/h1-3,7,9H,4-6H2. The molecule has 1 saturated carbocycles. The van der Waals surface area contributed by atoms with E-state index in [0.717, 1.165) is 12.5 Å². The Bertz CT molecular complexity index is 163. The van der Waals surface area contributed by atoms with Crippen molar-refractivity contribution < 1.29 is 0 Å². The van der Waals surface area contributed by atoms with Crippen LogP contribution in [0.2, 0.25) is 0 Å². The zero-order chi connectivity index (χ0) is 6.10. The van der Waals surface area contributed by atoms with Crippen LogP contribution in [-0.4, -0.2) is 6.54 Å². The summed E-state index contributed by atoms with van der Waals surface area (Å²) in [6, 6.07) is 0. The molecule has 1 N–H and O–H groups in total. The second-order valence-corrected chi connectivity index (χ2v) is 2.71. The molecule has 0 radical (unpaired) electrons. The first-order valence-corrected chi connectivity index (χ1v) is 3.57. The summed E-state index contributed by atoms with van der Waals surface area (Å²) < 4.78 is 0. The van der Waals surface area contributed by atoms with E-state index >= 15 is 0 Å². The zero-order valence-electron chi connectivity index (χ0n) is 5.43. The van der Waals surface area contributed by atoms with Crippen molar-refractivity contribution in [1.82, 2.24) is 5.32 Å². The number of allylic oxidation sites excluding steroid dienone is 3. The Balaban J connectivity index is 2.07. The monoisotopic (exact) mass is 121 g/mol. The minimum Gasteiger partial charge on any atom is -0.385 e. The molecule has 2 rings (SSSR count). The molecule has 0 spiro atoms. The largest absolute Gasteiger partial charge is 0.385 e. The van der Waals surface area contributed by atoms with E-state index in [9.17, 15) is 0 Å². The molecule has 1 heteroatoms. The summed E-state index contributed by atoms with van der Waals surface area (Å²) in [6.45, 7) is 1.03. The van der Waals surface area contributed by atoms with Crippen LogP contribution in [0, 0.1) is 5.92 Å². The van der Waals surface area contributed by atoms with Crippen molar-refractivity contribution in [2.45, 2.75) is 12.8 Å². The molecule has 0 atom stereocenters. The van der Waals surface area contributed by atoms with E-state index in [-0.39, 0.29) is 0 Å². The van der Waals surface area contributed by atoms with Crippen molar-refractivity contribution in [1.29, 1.82) is 0 Å². The maximum Gasteiger partial charge on any atom is 0.0330 e. The lowest BCUT2D eigenvalue weighted by molar-refractivity contribution is 0.792. The molecule has 0 amide bonds. The van der Waals surface area contributed by atoms with Gasteiger partial charge in [0.05, 0.1) is 0 Å². The number of nitrogens with one attached hydrogen (secondary N) is 1. The van der Waals surface area contributed by atoms with E-state index in [0.29, 0.717) is 0 Å². The van der Waals surface area contributed by atoms with Crippen LogP contribution in [0.3, 0.4) is 0 Å². The average molecular weight is 121 g/mol. The van der Waals surface area contributed by atoms with Crippen LogP contribution < -0.4 is 5.32 Å². The molecule has 0 saturated heterocycles. The molecule has 1 aliphatic carbocycles. The normalized spacial score (nSPS) is 25.1. The highest BCUT2D eigenvalue weighted by Gasteiger charge is 2.25. The quantitative estimate of drug-likeness (QED) is 0.553. The number of hydrogen-bond acceptors (Lipinski definition) is 1. The Morgan fingerprint density at radius 1 is 1.44 bits per heavy atom. The van der Waals surface area contributed by atoms with Crippen LogP contribution in [0.15, 0.2) is 23.9 Å². The Labute approximate surface area is 55.5 Å². The Morgan fingerprint density at radius 3 is 2.89 bits per heavy atom. The van der Waals surface area contributed by atoms with Gasteiger partial charge in [-0.25, -0.2) is 0 Å². The summed E-state index contributed by atoms with van der Waals surface area (Å²) >= 11 is 0. The minimum absolute atomic E-state index is 0.884. The fraction of sp³-hybridized carbons (Fsp3) is 0.500. The zero-order valence-corrected chi connectivity index (χ0v) is 5.43. The van der Waals surface area contributed by atoms with Gasteiger partial charge < -0.3 is 5.32 Å². The van der Waals surface area contributed by atoms with Gasteiger partial charge in [-0.05, 0) is 24.8 Å². The van der Waals surface area contributed by atoms with Crippen LogP contribution >= 0.6 is 0 Å². The van der Waals surface area contributed by atoms with Crippen molar-refractivity contribution >= 4 is 0 Å². The van der Waals surface area contributed by atoms with E-state index in [2.05, 4.69) is 23.5 Å². The van der Waals surface area contributed by atoms with Gasteiger partial charge in [0.25, 0.3) is 0 Å². The van der Waals surface area contributed by atoms with Crippen molar-refractivity contribution in [2.24, 2.45) is 5.92 Å². The fourth-order valence-corrected chi connectivity index (χ4v) is 1.15. The molecule has 1 nitrogen and oxygen atoms in total. The average Bonchev–Trinajstić information content (AvgIpc) is 2.71. The lowest BCUT2D eigenvalue weighted by Gasteiger charge is -2.09. The van der Waals surface area contributed by atoms with Crippen LogP contribution in [0.4, 0.5) is 0 Å². The van der Waals surface area contributed by atoms with Crippen molar-refractivity contribution in [3.63, 3.8) is 0 Å². The van der Waals surface area contributed by atoms with Gasteiger partial charge >= 0.3 is 0 Å². The molecule has 9 heavy (non-hydrogen) atoms. The molecule has 0 unspecified atom stereocenters. The van der Waals surface area contributed by atoms with Gasteiger partial charge in [0.15, 0.2) is 0 Å². The summed E-state index contributed by atoms with van der Waals surface area (Å²) in [6.07, 6.45) is 9.27. The second kappa shape index (κ2) is 1.90. The highest BCUT2D eigenvalue weighted by molar-refractivity contribution is 5.21. The molecule has 0 aromatic rings. The summed E-state index contributed by atoms with van der Waals surface area (Å²) in [5, 5.41) is 3.36. The molecule has 0 bridgehead atoms. The minimum atomic E-state index is 0.884. The number of hydrogen-bond donors (Lipinski definition) is 1. The maximum absolute atomic E-state index is 3.36. The molecular formula is C8H11N. The molecule has 1 heterocycles. The molecule has 1 fully saturated rings. The van der Waals surface area contributed by atoms with Gasteiger partial charge in [0.2, 0.25) is 0 Å². The van der Waals surface area contributed by atoms with E-state index < -0.39 is 0 Å². The van der Waals surface area contributed by atoms with E-state index in [4.69, 9.17) is 0 Å². The van der Waals surface area contributed by atoms with Crippen molar-refractivity contribution in [3.8, 4) is 0 Å². The van der Waals surface area contributed by atoms with E-state index in [1.165, 1.54) is 18.5 Å². The van der Waals surface area contributed by atoms with Gasteiger partial charge in [-0.2, -0.15) is 0 Å². The molecule has 48 valence electrons. The SMILES string of the molecule is C1=CCNC(C2CC2)=C1. The summed E-state index contributed by atoms with van der Waals surface area (Å²) in [5.74, 6) is 0.884. The van der Waals surface area contributed by atoms with Gasteiger partial charge in [0, 0.05) is 12.2 Å². The first-order chi connectivity index (χ1) is 4.47. The van der Waals surface area contributed by atoms with Gasteiger partial charge in [0.1, 0.15) is 0 Å². The van der Waals surface area contributed by atoms with Crippen LogP contribution in [0.1, 0.15) is 12.8 Å². The second-order valence-electron chi connectivity index (χ2n) is 2.71. The summed E-state index contributed by atoms with van der Waals surface area (Å²) in [7, 11) is 0. The molecule has 2 aliphatic rings. The first-order valence-electron chi connectivity index (χ1n) is 3.57. The topological polar surface area (TPSA) is 12.0 Å². The Morgan fingerprint density at radius 2 is 2.33 bits per heavy atom. The maximum atomic E-state index is 3.36. The third kappa shape index (κ3) is 0.995. The fourth-order valence-electron chi connectivity index (χ4n) is 1.15. The predicted molar refractivity (Wildman–Crippen MR) is 37.9 cm³/mol. The van der Waals surface area contributed by atoms with Crippen molar-refractivity contribution in [2.75, 3.05) is 6.54 Å². The number of rotatable bonds is 1. The Kier molecular flexibility index (Phi) is 1.08. The highest BCUT2D eigenvalue weighted by Crippen LogP contribution is 2.35. The van der Waals surface area contributed by atoms with E-state index in [1.54, 1.807) is 0 Å². The smallest absolute Gasteiger partial charge is 0.0330 e. The Hall–Kier alpha value is -0.720. The van der Waals surface area contributed by atoms with E-state index in [1.807, 2.05) is 0 Å². The van der Waals surface area contributed by atoms with Gasteiger partial charge in [-0.1, -0.05) is 12.2 Å². The van der Waals surface area contributed by atoms with Gasteiger partial charge in [-0.15, -0.1) is 0 Å². The lowest BCUT2D eigenvalue weighted by Crippen LogP contribution is -2.16. The van der Waals surface area contributed by atoms with Crippen LogP contribution in [0.25, 0.3) is 0 Å². The lowest BCUT2D eigenvalue weighted by atomic mass is 10.2. The molecule has 1 aliphatic heterocycles. The van der Waals surface area contributed by atoms with Crippen molar-refractivity contribution in [3.05, 3.63) is 23.9 Å². The molecule has 0 aromatic carbocycles. The number of dihydropyridines is 1. The predicted octanol–water partition coefficient (Wildman–Crippen LogP) is 1.44. The highest BCUT2D eigenvalue weighted by atomic mass is 14.9. The summed E-state index contributed by atoms with van der Waals surface area (Å²) in [4.78, 5) is 0. The van der Waals surface area contributed by atoms with Crippen LogP contribution in [0.5, 0.6) is 0 Å². The molecule has 0 aromatic heterocycles. The van der Waals surface area contributed by atoms with Gasteiger partial charge in [-0.3, -0.25) is 0 Å². The van der Waals surface area contributed by atoms with Crippen LogP contribution in [-0.2, 0) is 0 Å². The third-order valence-corrected chi connectivity index (χ3v) is 1.85. The summed E-state index contributed by atoms with van der Waals surface area (Å²) in [5.41, 5.74) is 1.46.